The lowest BCUT2D eigenvalue weighted by atomic mass is 10.3. The van der Waals surface area contributed by atoms with Gasteiger partial charge < -0.3 is 19.9 Å². The number of methoxy groups -OCH3 is 1. The number of ether oxygens (including phenoxy) is 1. The third kappa shape index (κ3) is 2.21. The zero-order valence-corrected chi connectivity index (χ0v) is 10.9. The predicted molar refractivity (Wildman–Crippen MR) is 77.1 cm³/mol. The molecular weight excluding hydrogens is 256 g/mol. The quantitative estimate of drug-likeness (QED) is 0.494. The first-order valence-electron chi connectivity index (χ1n) is 6.01. The van der Waals surface area contributed by atoms with E-state index >= 15 is 0 Å². The van der Waals surface area contributed by atoms with Gasteiger partial charge in [0.2, 0.25) is 0 Å². The largest absolute Gasteiger partial charge is 0.497 e. The van der Waals surface area contributed by atoms with Crippen LogP contribution < -0.4 is 21.3 Å². The molecule has 0 saturated carbocycles. The fraction of sp³-hybridized carbons (Fsp3) is 0.0769. The molecule has 0 atom stereocenters. The molecule has 0 aliphatic heterocycles. The second kappa shape index (κ2) is 5.06. The van der Waals surface area contributed by atoms with E-state index in [4.69, 9.17) is 10.6 Å². The maximum absolute atomic E-state index is 5.42. The third-order valence-corrected chi connectivity index (χ3v) is 2.85. The number of hydrazine groups is 1. The fourth-order valence-electron chi connectivity index (χ4n) is 1.92. The zero-order valence-electron chi connectivity index (χ0n) is 10.9. The Labute approximate surface area is 115 Å². The van der Waals surface area contributed by atoms with E-state index in [0.717, 1.165) is 11.4 Å². The second-order valence-corrected chi connectivity index (χ2v) is 4.13. The molecule has 20 heavy (non-hydrogen) atoms. The summed E-state index contributed by atoms with van der Waals surface area (Å²) in [5.74, 6) is 7.34. The molecule has 0 bridgehead atoms. The van der Waals surface area contributed by atoms with Gasteiger partial charge in [0.05, 0.1) is 13.3 Å². The lowest BCUT2D eigenvalue weighted by Gasteiger charge is -2.10. The first-order valence-corrected chi connectivity index (χ1v) is 6.01. The van der Waals surface area contributed by atoms with Crippen molar-refractivity contribution in [1.82, 2.24) is 14.4 Å². The van der Waals surface area contributed by atoms with Crippen molar-refractivity contribution in [3.8, 4) is 5.75 Å². The molecule has 0 fully saturated rings. The highest BCUT2D eigenvalue weighted by atomic mass is 16.5. The molecule has 0 spiro atoms. The van der Waals surface area contributed by atoms with Crippen LogP contribution >= 0.6 is 0 Å². The summed E-state index contributed by atoms with van der Waals surface area (Å²) in [6.07, 6.45) is 5.29. The van der Waals surface area contributed by atoms with Gasteiger partial charge in [0.25, 0.3) is 0 Å². The highest BCUT2D eigenvalue weighted by molar-refractivity contribution is 5.72. The molecule has 102 valence electrons. The molecule has 0 aliphatic rings. The number of hydrogen-bond acceptors (Lipinski definition) is 6. The summed E-state index contributed by atoms with van der Waals surface area (Å²) in [6.45, 7) is 0. The van der Waals surface area contributed by atoms with Gasteiger partial charge in [-0.1, -0.05) is 6.07 Å². The smallest absolute Gasteiger partial charge is 0.180 e. The topological polar surface area (TPSA) is 89.5 Å². The lowest BCUT2D eigenvalue weighted by Crippen LogP contribution is -2.11. The normalized spacial score (nSPS) is 10.5. The number of anilines is 3. The number of nitrogens with one attached hydrogen (secondary N) is 2. The van der Waals surface area contributed by atoms with Crippen molar-refractivity contribution in [2.45, 2.75) is 0 Å². The first-order chi connectivity index (χ1) is 9.80. The van der Waals surface area contributed by atoms with Crippen LogP contribution in [0, 0.1) is 0 Å². The Bertz CT molecular complexity index is 739. The summed E-state index contributed by atoms with van der Waals surface area (Å²) in [4.78, 5) is 8.64. The van der Waals surface area contributed by atoms with Crippen molar-refractivity contribution in [2.24, 2.45) is 5.84 Å². The Morgan fingerprint density at radius 3 is 3.05 bits per heavy atom. The number of aromatic nitrogens is 3. The van der Waals surface area contributed by atoms with Crippen LogP contribution in [0.3, 0.4) is 0 Å². The highest BCUT2D eigenvalue weighted by Crippen LogP contribution is 2.23. The molecule has 2 heterocycles. The van der Waals surface area contributed by atoms with E-state index in [9.17, 15) is 0 Å². The maximum atomic E-state index is 5.42. The molecule has 0 saturated heterocycles. The Hall–Kier alpha value is -2.80. The first kappa shape index (κ1) is 12.2. The standard InChI is InChI=1S/C13H14N6O/c1-20-10-4-2-3-9(7-10)16-12-13-15-5-6-19(13)8-11(17-12)18-14/h2-8,18H,14H2,1H3,(H,16,17). The molecule has 3 rings (SSSR count). The number of nitrogens with zero attached hydrogens (tertiary/aromatic N) is 3. The SMILES string of the molecule is COc1cccc(Nc2nc(NN)cn3ccnc23)c1. The van der Waals surface area contributed by atoms with Crippen molar-refractivity contribution >= 4 is 23.0 Å². The highest BCUT2D eigenvalue weighted by Gasteiger charge is 2.07. The van der Waals surface area contributed by atoms with Crippen LogP contribution in [-0.2, 0) is 0 Å². The molecule has 0 aliphatic carbocycles. The van der Waals surface area contributed by atoms with Crippen LogP contribution in [0.1, 0.15) is 0 Å². The Balaban J connectivity index is 2.02. The van der Waals surface area contributed by atoms with Crippen LogP contribution in [0.2, 0.25) is 0 Å². The van der Waals surface area contributed by atoms with E-state index in [1.807, 2.05) is 34.9 Å². The summed E-state index contributed by atoms with van der Waals surface area (Å²) >= 11 is 0. The summed E-state index contributed by atoms with van der Waals surface area (Å²) in [7, 11) is 1.63. The molecule has 2 aromatic heterocycles. The average Bonchev–Trinajstić information content (AvgIpc) is 2.96. The van der Waals surface area contributed by atoms with Crippen molar-refractivity contribution in [2.75, 3.05) is 17.9 Å². The van der Waals surface area contributed by atoms with Gasteiger partial charge in [-0.2, -0.15) is 0 Å². The van der Waals surface area contributed by atoms with Gasteiger partial charge in [-0.15, -0.1) is 0 Å². The van der Waals surface area contributed by atoms with Gasteiger partial charge in [0.1, 0.15) is 5.75 Å². The third-order valence-electron chi connectivity index (χ3n) is 2.85. The fourth-order valence-corrected chi connectivity index (χ4v) is 1.92. The maximum Gasteiger partial charge on any atom is 0.180 e. The molecule has 0 amide bonds. The number of hydrogen-bond donors (Lipinski definition) is 3. The Morgan fingerprint density at radius 1 is 1.35 bits per heavy atom. The van der Waals surface area contributed by atoms with Gasteiger partial charge in [-0.05, 0) is 12.1 Å². The van der Waals surface area contributed by atoms with Crippen LogP contribution in [-0.4, -0.2) is 21.5 Å². The molecule has 0 unspecified atom stereocenters. The summed E-state index contributed by atoms with van der Waals surface area (Å²) in [5.41, 5.74) is 4.11. The number of benzene rings is 1. The number of nitrogens with two attached hydrogens (primary N) is 1. The molecule has 4 N–H and O–H groups in total. The molecular formula is C13H14N6O. The molecule has 7 nitrogen and oxygen atoms in total. The van der Waals surface area contributed by atoms with Crippen molar-refractivity contribution in [3.63, 3.8) is 0 Å². The van der Waals surface area contributed by atoms with Gasteiger partial charge in [0, 0.05) is 24.1 Å². The molecule has 0 radical (unpaired) electrons. The van der Waals surface area contributed by atoms with E-state index in [1.165, 1.54) is 0 Å². The minimum Gasteiger partial charge on any atom is -0.497 e. The van der Waals surface area contributed by atoms with Crippen LogP contribution in [0.25, 0.3) is 5.65 Å². The van der Waals surface area contributed by atoms with Gasteiger partial charge in [0.15, 0.2) is 17.3 Å². The monoisotopic (exact) mass is 270 g/mol. The predicted octanol–water partition coefficient (Wildman–Crippen LogP) is 1.77. The lowest BCUT2D eigenvalue weighted by molar-refractivity contribution is 0.415. The van der Waals surface area contributed by atoms with E-state index in [-0.39, 0.29) is 0 Å². The van der Waals surface area contributed by atoms with Crippen molar-refractivity contribution in [3.05, 3.63) is 42.9 Å². The van der Waals surface area contributed by atoms with Crippen molar-refractivity contribution < 1.29 is 4.74 Å². The van der Waals surface area contributed by atoms with Gasteiger partial charge in [-0.25, -0.2) is 15.8 Å². The van der Waals surface area contributed by atoms with E-state index < -0.39 is 0 Å². The van der Waals surface area contributed by atoms with E-state index in [0.29, 0.717) is 17.3 Å². The van der Waals surface area contributed by atoms with E-state index in [1.54, 1.807) is 19.5 Å². The Morgan fingerprint density at radius 2 is 2.25 bits per heavy atom. The van der Waals surface area contributed by atoms with Crippen molar-refractivity contribution in [1.29, 1.82) is 0 Å². The minimum atomic E-state index is 0.542. The molecule has 3 aromatic rings. The number of rotatable bonds is 4. The van der Waals surface area contributed by atoms with Crippen LogP contribution in [0.15, 0.2) is 42.9 Å². The van der Waals surface area contributed by atoms with Gasteiger partial charge >= 0.3 is 0 Å². The Kier molecular flexibility index (Phi) is 3.10. The number of imidazole rings is 1. The molecule has 1 aromatic carbocycles. The zero-order chi connectivity index (χ0) is 13.9. The summed E-state index contributed by atoms with van der Waals surface area (Å²) in [5, 5.41) is 3.21. The number of fused-ring (bicyclic) bond motifs is 1. The van der Waals surface area contributed by atoms with Crippen LogP contribution in [0.5, 0.6) is 5.75 Å². The average molecular weight is 270 g/mol. The summed E-state index contributed by atoms with van der Waals surface area (Å²) in [6, 6.07) is 7.58. The number of nitrogen functional groups attached to an aromatic ring is 1. The van der Waals surface area contributed by atoms with Gasteiger partial charge in [-0.3, -0.25) is 0 Å². The minimum absolute atomic E-state index is 0.542. The van der Waals surface area contributed by atoms with E-state index in [2.05, 4.69) is 20.7 Å². The second-order valence-electron chi connectivity index (χ2n) is 4.13. The van der Waals surface area contributed by atoms with Crippen LogP contribution in [0.4, 0.5) is 17.3 Å². The summed E-state index contributed by atoms with van der Waals surface area (Å²) < 4.78 is 7.03. The molecule has 7 heteroatoms.